The van der Waals surface area contributed by atoms with E-state index in [1.807, 2.05) is 13.8 Å². The zero-order chi connectivity index (χ0) is 19.2. The summed E-state index contributed by atoms with van der Waals surface area (Å²) in [6.45, 7) is 4.48. The van der Waals surface area contributed by atoms with Crippen molar-refractivity contribution in [1.82, 2.24) is 14.9 Å². The van der Waals surface area contributed by atoms with Crippen molar-refractivity contribution in [3.63, 3.8) is 0 Å². The summed E-state index contributed by atoms with van der Waals surface area (Å²) in [5, 5.41) is 5.15. The molecule has 1 aliphatic rings. The van der Waals surface area contributed by atoms with E-state index in [4.69, 9.17) is 9.15 Å². The van der Waals surface area contributed by atoms with Gasteiger partial charge >= 0.3 is 0 Å². The lowest BCUT2D eigenvalue weighted by atomic mass is 10.3. The average molecular weight is 387 g/mol. The summed E-state index contributed by atoms with van der Waals surface area (Å²) >= 11 is 0. The van der Waals surface area contributed by atoms with Crippen molar-refractivity contribution in [2.24, 2.45) is 0 Å². The van der Waals surface area contributed by atoms with Gasteiger partial charge in [-0.25, -0.2) is 8.42 Å². The van der Waals surface area contributed by atoms with Crippen LogP contribution >= 0.6 is 0 Å². The van der Waals surface area contributed by atoms with Crippen LogP contribution in [0.4, 0.5) is 0 Å². The van der Waals surface area contributed by atoms with Crippen LogP contribution in [0, 0.1) is 0 Å². The molecule has 26 heavy (non-hydrogen) atoms. The molecule has 0 unspecified atom stereocenters. The first-order chi connectivity index (χ1) is 12.3. The van der Waals surface area contributed by atoms with Gasteiger partial charge in [0.1, 0.15) is 6.26 Å². The Morgan fingerprint density at radius 1 is 1.19 bits per heavy atom. The summed E-state index contributed by atoms with van der Waals surface area (Å²) in [6, 6.07) is 1.52. The van der Waals surface area contributed by atoms with Gasteiger partial charge in [0.2, 0.25) is 15.9 Å². The third-order valence-corrected chi connectivity index (χ3v) is 5.69. The lowest BCUT2D eigenvalue weighted by Crippen LogP contribution is -2.49. The predicted molar refractivity (Wildman–Crippen MR) is 94.0 cm³/mol. The lowest BCUT2D eigenvalue weighted by Gasteiger charge is -2.34. The van der Waals surface area contributed by atoms with Gasteiger partial charge in [-0.2, -0.15) is 4.31 Å². The number of sulfonamides is 1. The van der Waals surface area contributed by atoms with E-state index >= 15 is 0 Å². The summed E-state index contributed by atoms with van der Waals surface area (Å²) in [4.78, 5) is 23.4. The van der Waals surface area contributed by atoms with Gasteiger partial charge in [0.15, 0.2) is 0 Å². The SMILES string of the molecule is C[C@@H]1CN(S(=O)(=O)CCNC(=O)CCNC(=O)c2ccoc2)C[C@@H](C)O1. The first-order valence-corrected chi connectivity index (χ1v) is 10.1. The van der Waals surface area contributed by atoms with Gasteiger partial charge in [0.05, 0.1) is 29.8 Å². The molecule has 9 nitrogen and oxygen atoms in total. The summed E-state index contributed by atoms with van der Waals surface area (Å²) in [5.74, 6) is -0.819. The fourth-order valence-corrected chi connectivity index (χ4v) is 4.17. The van der Waals surface area contributed by atoms with Crippen LogP contribution in [0.2, 0.25) is 0 Å². The maximum Gasteiger partial charge on any atom is 0.254 e. The second-order valence-electron chi connectivity index (χ2n) is 6.26. The van der Waals surface area contributed by atoms with Gasteiger partial charge in [-0.1, -0.05) is 0 Å². The van der Waals surface area contributed by atoms with Crippen LogP contribution in [-0.2, 0) is 19.6 Å². The fourth-order valence-electron chi connectivity index (χ4n) is 2.68. The van der Waals surface area contributed by atoms with Gasteiger partial charge < -0.3 is 19.8 Å². The highest BCUT2D eigenvalue weighted by molar-refractivity contribution is 7.89. The number of carbonyl (C=O) groups excluding carboxylic acids is 2. The smallest absolute Gasteiger partial charge is 0.254 e. The number of ether oxygens (including phenoxy) is 1. The molecule has 0 saturated carbocycles. The van der Waals surface area contributed by atoms with Crippen LogP contribution in [0.3, 0.4) is 0 Å². The number of amides is 2. The fraction of sp³-hybridized carbons (Fsp3) is 0.625. The van der Waals surface area contributed by atoms with E-state index in [1.165, 1.54) is 22.9 Å². The molecule has 2 atom stereocenters. The minimum atomic E-state index is -3.45. The minimum Gasteiger partial charge on any atom is -0.472 e. The van der Waals surface area contributed by atoms with Gasteiger partial charge in [-0.3, -0.25) is 9.59 Å². The molecular weight excluding hydrogens is 362 g/mol. The molecule has 1 aromatic rings. The molecule has 0 radical (unpaired) electrons. The van der Waals surface area contributed by atoms with E-state index in [1.54, 1.807) is 0 Å². The van der Waals surface area contributed by atoms with E-state index in [-0.39, 0.29) is 49.3 Å². The highest BCUT2D eigenvalue weighted by Crippen LogP contribution is 2.14. The van der Waals surface area contributed by atoms with Gasteiger partial charge in [-0.15, -0.1) is 0 Å². The average Bonchev–Trinajstić information content (AvgIpc) is 3.08. The summed E-state index contributed by atoms with van der Waals surface area (Å²) in [7, 11) is -3.45. The molecule has 0 aliphatic carbocycles. The number of morpholine rings is 1. The Morgan fingerprint density at radius 2 is 1.88 bits per heavy atom. The second-order valence-corrected chi connectivity index (χ2v) is 8.35. The zero-order valence-electron chi connectivity index (χ0n) is 14.9. The number of rotatable bonds is 8. The van der Waals surface area contributed by atoms with Gasteiger partial charge in [-0.05, 0) is 19.9 Å². The lowest BCUT2D eigenvalue weighted by molar-refractivity contribution is -0.120. The number of nitrogens with zero attached hydrogens (tertiary/aromatic N) is 1. The van der Waals surface area contributed by atoms with Crippen molar-refractivity contribution in [3.05, 3.63) is 24.2 Å². The number of furan rings is 1. The Hall–Kier alpha value is -1.91. The molecule has 1 fully saturated rings. The second kappa shape index (κ2) is 9.15. The number of hydrogen-bond donors (Lipinski definition) is 2. The Bertz CT molecular complexity index is 694. The van der Waals surface area contributed by atoms with Crippen LogP contribution in [0.5, 0.6) is 0 Å². The topological polar surface area (TPSA) is 118 Å². The third-order valence-electron chi connectivity index (χ3n) is 3.88. The standard InChI is InChI=1S/C16H25N3O6S/c1-12-9-19(10-13(2)25-12)26(22,23)8-6-17-15(20)3-5-18-16(21)14-4-7-24-11-14/h4,7,11-13H,3,5-6,8-10H2,1-2H3,(H,17,20)(H,18,21)/t12-,13-/m1/s1. The maximum absolute atomic E-state index is 12.3. The van der Waals surface area contributed by atoms with Gasteiger partial charge in [0.25, 0.3) is 5.91 Å². The van der Waals surface area contributed by atoms with E-state index in [2.05, 4.69) is 10.6 Å². The highest BCUT2D eigenvalue weighted by Gasteiger charge is 2.30. The van der Waals surface area contributed by atoms with Crippen molar-refractivity contribution >= 4 is 21.8 Å². The molecule has 0 spiro atoms. The Morgan fingerprint density at radius 3 is 2.50 bits per heavy atom. The quantitative estimate of drug-likeness (QED) is 0.646. The molecule has 2 N–H and O–H groups in total. The Balaban J connectivity index is 1.66. The van der Waals surface area contributed by atoms with Crippen molar-refractivity contribution in [1.29, 1.82) is 0 Å². The summed E-state index contributed by atoms with van der Waals surface area (Å²) in [5.41, 5.74) is 0.380. The molecule has 1 saturated heterocycles. The molecule has 146 valence electrons. The Kier molecular flexibility index (Phi) is 7.18. The van der Waals surface area contributed by atoms with Crippen molar-refractivity contribution in [3.8, 4) is 0 Å². The molecular formula is C16H25N3O6S. The number of carbonyl (C=O) groups is 2. The Labute approximate surface area is 153 Å². The first-order valence-electron chi connectivity index (χ1n) is 8.48. The van der Waals surface area contributed by atoms with Crippen molar-refractivity contribution in [2.45, 2.75) is 32.5 Å². The van der Waals surface area contributed by atoms with E-state index in [9.17, 15) is 18.0 Å². The molecule has 2 amide bonds. The molecule has 0 aromatic carbocycles. The first kappa shape index (κ1) is 20.4. The van der Waals surface area contributed by atoms with Crippen LogP contribution in [0.15, 0.2) is 23.0 Å². The van der Waals surface area contributed by atoms with E-state index in [0.29, 0.717) is 18.7 Å². The van der Waals surface area contributed by atoms with Crippen LogP contribution in [-0.4, -0.2) is 68.7 Å². The third kappa shape index (κ3) is 6.11. The minimum absolute atomic E-state index is 0.0248. The predicted octanol–water partition coefficient (Wildman–Crippen LogP) is -0.0453. The van der Waals surface area contributed by atoms with Crippen LogP contribution in [0.1, 0.15) is 30.6 Å². The molecule has 2 rings (SSSR count). The highest BCUT2D eigenvalue weighted by atomic mass is 32.2. The van der Waals surface area contributed by atoms with Crippen molar-refractivity contribution in [2.75, 3.05) is 31.9 Å². The number of nitrogens with one attached hydrogen (secondary N) is 2. The van der Waals surface area contributed by atoms with Crippen LogP contribution in [0.25, 0.3) is 0 Å². The van der Waals surface area contributed by atoms with Crippen LogP contribution < -0.4 is 10.6 Å². The van der Waals surface area contributed by atoms with Gasteiger partial charge in [0, 0.05) is 32.6 Å². The van der Waals surface area contributed by atoms with E-state index < -0.39 is 10.0 Å². The molecule has 1 aromatic heterocycles. The normalized spacial score (nSPS) is 21.3. The largest absolute Gasteiger partial charge is 0.472 e. The molecule has 0 bridgehead atoms. The summed E-state index contributed by atoms with van der Waals surface area (Å²) < 4.78 is 36.4. The molecule has 10 heteroatoms. The molecule has 1 aliphatic heterocycles. The van der Waals surface area contributed by atoms with Crippen molar-refractivity contribution < 1.29 is 27.2 Å². The zero-order valence-corrected chi connectivity index (χ0v) is 15.8. The maximum atomic E-state index is 12.3. The number of hydrogen-bond acceptors (Lipinski definition) is 6. The summed E-state index contributed by atoms with van der Waals surface area (Å²) in [6.07, 6.45) is 2.46. The monoisotopic (exact) mass is 387 g/mol. The molecule has 2 heterocycles. The van der Waals surface area contributed by atoms with E-state index in [0.717, 1.165) is 0 Å².